The molecule has 1 amide bonds. The minimum Gasteiger partial charge on any atom is -0.484 e. The van der Waals surface area contributed by atoms with Gasteiger partial charge in [-0.15, -0.1) is 0 Å². The van der Waals surface area contributed by atoms with Gasteiger partial charge in [0.1, 0.15) is 11.5 Å². The summed E-state index contributed by atoms with van der Waals surface area (Å²) in [7, 11) is 0. The van der Waals surface area contributed by atoms with Gasteiger partial charge in [-0.1, -0.05) is 41.9 Å². The summed E-state index contributed by atoms with van der Waals surface area (Å²) >= 11 is 5.86. The highest BCUT2D eigenvalue weighted by Gasteiger charge is 2.16. The van der Waals surface area contributed by atoms with Crippen molar-refractivity contribution in [3.05, 3.63) is 89.3 Å². The molecule has 1 aromatic heterocycles. The zero-order chi connectivity index (χ0) is 18.2. The topological polar surface area (TPSA) is 42.7 Å². The standard InChI is InChI=1S/C21H20ClNO3/c22-18-8-10-19(11-9-18)26-16-21(24)23(15-20-7-4-14-25-20)13-12-17-5-2-1-3-6-17/h1-11,14H,12-13,15-16H2. The molecule has 0 fully saturated rings. The van der Waals surface area contributed by atoms with E-state index in [1.54, 1.807) is 35.4 Å². The van der Waals surface area contributed by atoms with E-state index in [-0.39, 0.29) is 12.5 Å². The second-order valence-electron chi connectivity index (χ2n) is 5.87. The molecule has 0 aliphatic heterocycles. The fraction of sp³-hybridized carbons (Fsp3) is 0.190. The van der Waals surface area contributed by atoms with Crippen LogP contribution in [0.2, 0.25) is 5.02 Å². The molecule has 0 atom stereocenters. The van der Waals surface area contributed by atoms with Crippen molar-refractivity contribution >= 4 is 17.5 Å². The van der Waals surface area contributed by atoms with Crippen molar-refractivity contribution < 1.29 is 13.9 Å². The fourth-order valence-corrected chi connectivity index (χ4v) is 2.68. The monoisotopic (exact) mass is 369 g/mol. The molecule has 4 nitrogen and oxygen atoms in total. The van der Waals surface area contributed by atoms with Gasteiger partial charge in [-0.25, -0.2) is 0 Å². The van der Waals surface area contributed by atoms with Crippen LogP contribution in [0.25, 0.3) is 0 Å². The third-order valence-electron chi connectivity index (χ3n) is 3.97. The molecule has 0 bridgehead atoms. The largest absolute Gasteiger partial charge is 0.484 e. The number of furan rings is 1. The lowest BCUT2D eigenvalue weighted by atomic mass is 10.1. The van der Waals surface area contributed by atoms with E-state index >= 15 is 0 Å². The highest BCUT2D eigenvalue weighted by Crippen LogP contribution is 2.16. The summed E-state index contributed by atoms with van der Waals surface area (Å²) in [5.74, 6) is 1.27. The third kappa shape index (κ3) is 5.39. The van der Waals surface area contributed by atoms with Crippen molar-refractivity contribution in [3.63, 3.8) is 0 Å². The summed E-state index contributed by atoms with van der Waals surface area (Å²) < 4.78 is 11.0. The normalized spacial score (nSPS) is 10.5. The number of rotatable bonds is 8. The molecule has 3 rings (SSSR count). The zero-order valence-electron chi connectivity index (χ0n) is 14.3. The van der Waals surface area contributed by atoms with Crippen LogP contribution in [-0.2, 0) is 17.8 Å². The number of carbonyl (C=O) groups is 1. The van der Waals surface area contributed by atoms with Crippen LogP contribution in [0.5, 0.6) is 5.75 Å². The highest BCUT2D eigenvalue weighted by atomic mass is 35.5. The molecule has 26 heavy (non-hydrogen) atoms. The number of ether oxygens (including phenoxy) is 1. The molecule has 0 spiro atoms. The minimum absolute atomic E-state index is 0.0306. The van der Waals surface area contributed by atoms with Crippen LogP contribution in [-0.4, -0.2) is 24.0 Å². The summed E-state index contributed by atoms with van der Waals surface area (Å²) in [6.07, 6.45) is 2.38. The van der Waals surface area contributed by atoms with Crippen LogP contribution < -0.4 is 4.74 Å². The van der Waals surface area contributed by atoms with Gasteiger partial charge in [0.2, 0.25) is 0 Å². The molecule has 2 aromatic carbocycles. The Bertz CT molecular complexity index is 801. The predicted molar refractivity (Wildman–Crippen MR) is 101 cm³/mol. The van der Waals surface area contributed by atoms with Crippen LogP contribution in [0.15, 0.2) is 77.4 Å². The molecule has 0 radical (unpaired) electrons. The van der Waals surface area contributed by atoms with E-state index in [0.29, 0.717) is 23.9 Å². The smallest absolute Gasteiger partial charge is 0.260 e. The molecule has 3 aromatic rings. The number of hydrogen-bond donors (Lipinski definition) is 0. The molecule has 0 N–H and O–H groups in total. The maximum Gasteiger partial charge on any atom is 0.260 e. The lowest BCUT2D eigenvalue weighted by Crippen LogP contribution is -2.36. The Morgan fingerprint density at radius 2 is 1.77 bits per heavy atom. The molecular weight excluding hydrogens is 350 g/mol. The number of halogens is 1. The van der Waals surface area contributed by atoms with Crippen molar-refractivity contribution in [2.24, 2.45) is 0 Å². The zero-order valence-corrected chi connectivity index (χ0v) is 15.1. The van der Waals surface area contributed by atoms with Crippen molar-refractivity contribution in [2.75, 3.05) is 13.2 Å². The molecule has 5 heteroatoms. The Kier molecular flexibility index (Phi) is 6.34. The average Bonchev–Trinajstić information content (AvgIpc) is 3.18. The van der Waals surface area contributed by atoms with E-state index in [0.717, 1.165) is 12.2 Å². The van der Waals surface area contributed by atoms with Crippen LogP contribution >= 0.6 is 11.6 Å². The van der Waals surface area contributed by atoms with Crippen LogP contribution in [0.1, 0.15) is 11.3 Å². The number of benzene rings is 2. The molecule has 0 aliphatic carbocycles. The van der Waals surface area contributed by atoms with E-state index in [9.17, 15) is 4.79 Å². The molecule has 1 heterocycles. The van der Waals surface area contributed by atoms with Crippen molar-refractivity contribution in [1.29, 1.82) is 0 Å². The Hall–Kier alpha value is -2.72. The summed E-state index contributed by atoms with van der Waals surface area (Å²) in [6, 6.07) is 20.7. The molecule has 134 valence electrons. The Morgan fingerprint density at radius 3 is 2.46 bits per heavy atom. The van der Waals surface area contributed by atoms with Gasteiger partial charge in [0, 0.05) is 11.6 Å². The lowest BCUT2D eigenvalue weighted by Gasteiger charge is -2.22. The maximum atomic E-state index is 12.7. The quantitative estimate of drug-likeness (QED) is 0.583. The Balaban J connectivity index is 1.61. The van der Waals surface area contributed by atoms with Gasteiger partial charge in [0.05, 0.1) is 12.8 Å². The first-order chi connectivity index (χ1) is 12.7. The van der Waals surface area contributed by atoms with E-state index < -0.39 is 0 Å². The highest BCUT2D eigenvalue weighted by molar-refractivity contribution is 6.30. The molecular formula is C21H20ClNO3. The van der Waals surface area contributed by atoms with Crippen LogP contribution in [0.4, 0.5) is 0 Å². The summed E-state index contributed by atoms with van der Waals surface area (Å²) in [4.78, 5) is 14.4. The summed E-state index contributed by atoms with van der Waals surface area (Å²) in [6.45, 7) is 0.979. The van der Waals surface area contributed by atoms with Gasteiger partial charge in [0.25, 0.3) is 5.91 Å². The maximum absolute atomic E-state index is 12.7. The fourth-order valence-electron chi connectivity index (χ4n) is 2.56. The Labute approximate surface area is 158 Å². The number of carbonyl (C=O) groups excluding carboxylic acids is 1. The first kappa shape index (κ1) is 18.1. The average molecular weight is 370 g/mol. The van der Waals surface area contributed by atoms with Crippen LogP contribution in [0.3, 0.4) is 0 Å². The van der Waals surface area contributed by atoms with E-state index in [4.69, 9.17) is 20.8 Å². The second kappa shape index (κ2) is 9.11. The van der Waals surface area contributed by atoms with Gasteiger partial charge in [0.15, 0.2) is 6.61 Å². The van der Waals surface area contributed by atoms with Gasteiger partial charge >= 0.3 is 0 Å². The lowest BCUT2D eigenvalue weighted by molar-refractivity contribution is -0.134. The first-order valence-corrected chi connectivity index (χ1v) is 8.81. The van der Waals surface area contributed by atoms with E-state index in [2.05, 4.69) is 12.1 Å². The minimum atomic E-state index is -0.0905. The summed E-state index contributed by atoms with van der Waals surface area (Å²) in [5.41, 5.74) is 1.18. The molecule has 0 saturated heterocycles. The van der Waals surface area contributed by atoms with Crippen LogP contribution in [0, 0.1) is 0 Å². The SMILES string of the molecule is O=C(COc1ccc(Cl)cc1)N(CCc1ccccc1)Cc1ccco1. The van der Waals surface area contributed by atoms with E-state index in [1.807, 2.05) is 30.3 Å². The number of amides is 1. The van der Waals surface area contributed by atoms with E-state index in [1.165, 1.54) is 5.56 Å². The van der Waals surface area contributed by atoms with Gasteiger partial charge < -0.3 is 14.1 Å². The van der Waals surface area contributed by atoms with Crippen molar-refractivity contribution in [2.45, 2.75) is 13.0 Å². The third-order valence-corrected chi connectivity index (χ3v) is 4.22. The van der Waals surface area contributed by atoms with Crippen molar-refractivity contribution in [3.8, 4) is 5.75 Å². The first-order valence-electron chi connectivity index (χ1n) is 8.43. The summed E-state index contributed by atoms with van der Waals surface area (Å²) in [5, 5.41) is 0.631. The molecule has 0 saturated carbocycles. The number of nitrogens with zero attached hydrogens (tertiary/aromatic N) is 1. The van der Waals surface area contributed by atoms with Crippen molar-refractivity contribution in [1.82, 2.24) is 4.90 Å². The second-order valence-corrected chi connectivity index (χ2v) is 6.31. The molecule has 0 unspecified atom stereocenters. The number of hydrogen-bond acceptors (Lipinski definition) is 3. The Morgan fingerprint density at radius 1 is 1.00 bits per heavy atom. The molecule has 0 aliphatic rings. The van der Waals surface area contributed by atoms with Gasteiger partial charge in [-0.3, -0.25) is 4.79 Å². The predicted octanol–water partition coefficient (Wildman–Crippen LogP) is 4.58. The van der Waals surface area contributed by atoms with Gasteiger partial charge in [-0.2, -0.15) is 0 Å². The van der Waals surface area contributed by atoms with Gasteiger partial charge in [-0.05, 0) is 48.4 Å².